The molecule has 1 aliphatic rings. The number of amidine groups is 1. The number of hydrogen-bond acceptors (Lipinski definition) is 4. The quantitative estimate of drug-likeness (QED) is 0.533. The van der Waals surface area contributed by atoms with Crippen molar-refractivity contribution in [1.29, 1.82) is 0 Å². The van der Waals surface area contributed by atoms with Gasteiger partial charge >= 0.3 is 6.03 Å². The maximum atomic E-state index is 11.2. The van der Waals surface area contributed by atoms with E-state index < -0.39 is 0 Å². The van der Waals surface area contributed by atoms with E-state index in [9.17, 15) is 4.79 Å². The predicted molar refractivity (Wildman–Crippen MR) is 74.9 cm³/mol. The van der Waals surface area contributed by atoms with Crippen LogP contribution in [0.4, 0.5) is 4.79 Å². The summed E-state index contributed by atoms with van der Waals surface area (Å²) >= 11 is 1.23. The van der Waals surface area contributed by atoms with E-state index >= 15 is 0 Å². The molecule has 2 amide bonds. The van der Waals surface area contributed by atoms with Gasteiger partial charge in [0.05, 0.1) is 0 Å². The summed E-state index contributed by atoms with van der Waals surface area (Å²) in [6, 6.07) is 7.77. The van der Waals surface area contributed by atoms with Crippen molar-refractivity contribution in [1.82, 2.24) is 15.6 Å². The summed E-state index contributed by atoms with van der Waals surface area (Å²) in [5.41, 5.74) is 7.65. The Hall–Kier alpha value is -1.95. The summed E-state index contributed by atoms with van der Waals surface area (Å²) in [6.45, 7) is 0. The van der Waals surface area contributed by atoms with Crippen LogP contribution in [0.1, 0.15) is 11.1 Å². The highest BCUT2D eigenvalue weighted by Gasteiger charge is 2.08. The number of benzene rings is 1. The molecule has 18 heavy (non-hydrogen) atoms. The number of fused-ring (bicyclic) bond motifs is 1. The number of urea groups is 1. The third kappa shape index (κ3) is 3.27. The van der Waals surface area contributed by atoms with Crippen LogP contribution in [-0.4, -0.2) is 18.1 Å². The van der Waals surface area contributed by atoms with Crippen molar-refractivity contribution >= 4 is 29.9 Å². The first-order valence-corrected chi connectivity index (χ1v) is 6.68. The lowest BCUT2D eigenvalue weighted by atomic mass is 10.0. The fraction of sp³-hybridized carbons (Fsp3) is 0.167. The Bertz CT molecular complexity index is 499. The lowest BCUT2D eigenvalue weighted by Crippen LogP contribution is -2.45. The van der Waals surface area contributed by atoms with Crippen LogP contribution in [-0.2, 0) is 6.42 Å². The Labute approximate surface area is 110 Å². The molecule has 94 valence electrons. The van der Waals surface area contributed by atoms with Gasteiger partial charge in [-0.25, -0.2) is 15.2 Å². The van der Waals surface area contributed by atoms with Gasteiger partial charge in [-0.2, -0.15) is 0 Å². The summed E-state index contributed by atoms with van der Waals surface area (Å²) < 4.78 is 2.55. The van der Waals surface area contributed by atoms with Gasteiger partial charge in [-0.3, -0.25) is 10.1 Å². The maximum Gasteiger partial charge on any atom is 0.343 e. The Morgan fingerprint density at radius 3 is 3.06 bits per heavy atom. The van der Waals surface area contributed by atoms with Crippen LogP contribution in [0.25, 0.3) is 6.08 Å². The highest BCUT2D eigenvalue weighted by atomic mass is 32.2. The van der Waals surface area contributed by atoms with Crippen molar-refractivity contribution in [2.24, 2.45) is 4.99 Å². The number of carbonyl (C=O) groups is 1. The number of aliphatic imine (C=N–C) groups is 1. The van der Waals surface area contributed by atoms with E-state index in [4.69, 9.17) is 0 Å². The summed E-state index contributed by atoms with van der Waals surface area (Å²) in [7, 11) is 0. The first kappa shape index (κ1) is 12.5. The van der Waals surface area contributed by atoms with Gasteiger partial charge in [0.1, 0.15) is 5.84 Å². The zero-order valence-corrected chi connectivity index (χ0v) is 10.8. The van der Waals surface area contributed by atoms with Crippen molar-refractivity contribution in [2.75, 3.05) is 6.26 Å². The Morgan fingerprint density at radius 1 is 1.39 bits per heavy atom. The van der Waals surface area contributed by atoms with Crippen LogP contribution in [0.15, 0.2) is 35.5 Å². The fourth-order valence-electron chi connectivity index (χ4n) is 1.61. The van der Waals surface area contributed by atoms with Crippen molar-refractivity contribution in [2.45, 2.75) is 6.42 Å². The molecule has 0 radical (unpaired) electrons. The zero-order chi connectivity index (χ0) is 12.8. The predicted octanol–water partition coefficient (Wildman–Crippen LogP) is 1.69. The van der Waals surface area contributed by atoms with Crippen molar-refractivity contribution in [3.8, 4) is 0 Å². The SMILES string of the molecule is CSNC(=O)NNC1=NC=Cc2ccccc2C1. The summed E-state index contributed by atoms with van der Waals surface area (Å²) in [5, 5.41) is 0. The number of nitrogens with one attached hydrogen (secondary N) is 3. The Balaban J connectivity index is 1.98. The molecule has 1 aromatic rings. The van der Waals surface area contributed by atoms with Crippen LogP contribution in [0.5, 0.6) is 0 Å². The summed E-state index contributed by atoms with van der Waals surface area (Å²) in [5.74, 6) is 0.701. The highest BCUT2D eigenvalue weighted by Crippen LogP contribution is 2.14. The number of carbonyl (C=O) groups excluding carboxylic acids is 1. The standard InChI is InChI=1S/C12H14N4OS/c1-18-16-12(17)15-14-11-8-10-5-3-2-4-9(10)6-7-13-11/h2-7H,8H2,1H3,(H,13,14)(H2,15,16,17). The third-order valence-electron chi connectivity index (χ3n) is 2.41. The largest absolute Gasteiger partial charge is 0.343 e. The lowest BCUT2D eigenvalue weighted by molar-refractivity contribution is 0.245. The summed E-state index contributed by atoms with van der Waals surface area (Å²) in [4.78, 5) is 15.5. The van der Waals surface area contributed by atoms with Gasteiger partial charge in [-0.15, -0.1) is 0 Å². The molecule has 0 saturated carbocycles. The van der Waals surface area contributed by atoms with E-state index in [1.807, 2.05) is 30.3 Å². The summed E-state index contributed by atoms with van der Waals surface area (Å²) in [6.07, 6.45) is 6.11. The van der Waals surface area contributed by atoms with Crippen molar-refractivity contribution < 1.29 is 4.79 Å². The minimum Gasteiger partial charge on any atom is -0.284 e. The van der Waals surface area contributed by atoms with Gasteiger partial charge < -0.3 is 0 Å². The monoisotopic (exact) mass is 262 g/mol. The molecule has 1 aromatic carbocycles. The number of amides is 2. The highest BCUT2D eigenvalue weighted by molar-refractivity contribution is 7.97. The molecule has 0 atom stereocenters. The van der Waals surface area contributed by atoms with E-state index in [-0.39, 0.29) is 6.03 Å². The van der Waals surface area contributed by atoms with Crippen LogP contribution < -0.4 is 15.6 Å². The molecule has 1 heterocycles. The first-order valence-electron chi connectivity index (χ1n) is 5.45. The van der Waals surface area contributed by atoms with Crippen LogP contribution in [0.3, 0.4) is 0 Å². The van der Waals surface area contributed by atoms with Gasteiger partial charge in [0, 0.05) is 18.9 Å². The number of nitrogens with zero attached hydrogens (tertiary/aromatic N) is 1. The third-order valence-corrected chi connectivity index (χ3v) is 2.80. The second-order valence-corrected chi connectivity index (χ2v) is 4.26. The van der Waals surface area contributed by atoms with Crippen LogP contribution in [0.2, 0.25) is 0 Å². The molecule has 0 saturated heterocycles. The van der Waals surface area contributed by atoms with Crippen LogP contribution in [0, 0.1) is 0 Å². The normalized spacial score (nSPS) is 13.1. The molecule has 1 aliphatic heterocycles. The Morgan fingerprint density at radius 2 is 2.22 bits per heavy atom. The lowest BCUT2D eigenvalue weighted by Gasteiger charge is -2.10. The molecule has 0 bridgehead atoms. The van der Waals surface area contributed by atoms with E-state index in [0.717, 1.165) is 5.56 Å². The molecule has 0 aromatic heterocycles. The van der Waals surface area contributed by atoms with Gasteiger partial charge in [0.25, 0.3) is 0 Å². The minimum atomic E-state index is -0.299. The van der Waals surface area contributed by atoms with Crippen molar-refractivity contribution in [3.63, 3.8) is 0 Å². The molecule has 3 N–H and O–H groups in total. The second kappa shape index (κ2) is 6.11. The average molecular weight is 262 g/mol. The molecular weight excluding hydrogens is 248 g/mol. The first-order chi connectivity index (χ1) is 8.79. The molecule has 0 unspecified atom stereocenters. The molecule has 0 fully saturated rings. The van der Waals surface area contributed by atoms with Crippen LogP contribution >= 0.6 is 11.9 Å². The molecule has 0 aliphatic carbocycles. The maximum absolute atomic E-state index is 11.2. The molecule has 5 nitrogen and oxygen atoms in total. The Kier molecular flexibility index (Phi) is 4.25. The molecule has 2 rings (SSSR count). The van der Waals surface area contributed by atoms with Gasteiger partial charge in [-0.05, 0) is 17.2 Å². The smallest absolute Gasteiger partial charge is 0.284 e. The molecule has 6 heteroatoms. The fourth-order valence-corrected chi connectivity index (χ4v) is 1.85. The topological polar surface area (TPSA) is 65.5 Å². The number of hydrazine groups is 1. The van der Waals surface area contributed by atoms with E-state index in [1.165, 1.54) is 17.5 Å². The minimum absolute atomic E-state index is 0.299. The van der Waals surface area contributed by atoms with E-state index in [2.05, 4.69) is 20.6 Å². The van der Waals surface area contributed by atoms with Crippen molar-refractivity contribution in [3.05, 3.63) is 41.6 Å². The molecular formula is C12H14N4OS. The second-order valence-electron chi connectivity index (χ2n) is 3.65. The average Bonchev–Trinajstić information content (AvgIpc) is 2.58. The van der Waals surface area contributed by atoms with Gasteiger partial charge in [-0.1, -0.05) is 36.2 Å². The van der Waals surface area contributed by atoms with E-state index in [0.29, 0.717) is 12.3 Å². The molecule has 0 spiro atoms. The van der Waals surface area contributed by atoms with Gasteiger partial charge in [0.15, 0.2) is 0 Å². The number of rotatable bonds is 1. The number of hydrogen-bond donors (Lipinski definition) is 3. The zero-order valence-electron chi connectivity index (χ0n) is 9.93. The van der Waals surface area contributed by atoms with Gasteiger partial charge in [0.2, 0.25) is 0 Å². The van der Waals surface area contributed by atoms with E-state index in [1.54, 1.807) is 12.5 Å².